The quantitative estimate of drug-likeness (QED) is 0.527. The highest BCUT2D eigenvalue weighted by molar-refractivity contribution is 7.87. The lowest BCUT2D eigenvalue weighted by Gasteiger charge is -2.29. The van der Waals surface area contributed by atoms with Gasteiger partial charge in [0.1, 0.15) is 11.1 Å². The number of nitrogens with zero attached hydrogens (tertiary/aromatic N) is 1. The molecule has 0 aliphatic heterocycles. The van der Waals surface area contributed by atoms with Crippen LogP contribution in [-0.2, 0) is 21.5 Å². The molecular formula is C16H24ClNO4S. The lowest BCUT2D eigenvalue weighted by Crippen LogP contribution is -2.41. The molecule has 0 unspecified atom stereocenters. The molecule has 130 valence electrons. The first-order valence-electron chi connectivity index (χ1n) is 7.65. The zero-order chi connectivity index (χ0) is 17.6. The third-order valence-corrected chi connectivity index (χ3v) is 4.94. The maximum Gasteiger partial charge on any atom is 0.308 e. The maximum absolute atomic E-state index is 12.2. The number of hydrogen-bond donors (Lipinski definition) is 0. The molecule has 0 bridgehead atoms. The van der Waals surface area contributed by atoms with Gasteiger partial charge in [0.25, 0.3) is 0 Å². The molecule has 0 saturated carbocycles. The second-order valence-corrected chi connectivity index (χ2v) is 7.93. The minimum absolute atomic E-state index is 0.0695. The molecule has 1 aromatic carbocycles. The lowest BCUT2D eigenvalue weighted by atomic mass is 10.1. The minimum Gasteiger partial charge on any atom is -0.382 e. The number of benzene rings is 1. The summed E-state index contributed by atoms with van der Waals surface area (Å²) in [4.78, 5) is 14.0. The maximum atomic E-state index is 12.2. The van der Waals surface area contributed by atoms with Crippen molar-refractivity contribution < 1.29 is 17.4 Å². The molecule has 2 atom stereocenters. The van der Waals surface area contributed by atoms with Crippen molar-refractivity contribution in [3.05, 3.63) is 29.8 Å². The number of carbonyl (C=O) groups is 1. The number of alkyl halides is 1. The Labute approximate surface area is 143 Å². The molecule has 0 radical (unpaired) electrons. The monoisotopic (exact) mass is 361 g/mol. The molecular weight excluding hydrogens is 338 g/mol. The Hall–Kier alpha value is -1.27. The van der Waals surface area contributed by atoms with Crippen LogP contribution in [0.4, 0.5) is 0 Å². The standard InChI is InChI=1S/C16H24ClNO4S/c1-5-12(3)18(16(19)13(4)17)11-14-7-9-15(10-8-14)22-23(20,21)6-2/h7-10,12-13H,5-6,11H2,1-4H3/t12-,13-/m0/s1. The van der Waals surface area contributed by atoms with Crippen molar-refractivity contribution in [2.24, 2.45) is 0 Å². The van der Waals surface area contributed by atoms with Crippen LogP contribution in [0, 0.1) is 0 Å². The van der Waals surface area contributed by atoms with E-state index in [-0.39, 0.29) is 23.5 Å². The highest BCUT2D eigenvalue weighted by Crippen LogP contribution is 2.18. The van der Waals surface area contributed by atoms with Crippen LogP contribution >= 0.6 is 11.6 Å². The largest absolute Gasteiger partial charge is 0.382 e. The SMILES string of the molecule is CC[C@H](C)N(Cc1ccc(OS(=O)(=O)CC)cc1)C(=O)[C@H](C)Cl. The molecule has 1 amide bonds. The van der Waals surface area contributed by atoms with Gasteiger partial charge >= 0.3 is 10.1 Å². The van der Waals surface area contributed by atoms with Crippen LogP contribution in [0.3, 0.4) is 0 Å². The number of amides is 1. The summed E-state index contributed by atoms with van der Waals surface area (Å²) >= 11 is 5.93. The predicted octanol–water partition coefficient (Wildman–Crippen LogP) is 3.17. The normalized spacial score (nSPS) is 14.1. The van der Waals surface area contributed by atoms with Crippen LogP contribution in [0.1, 0.15) is 39.7 Å². The first-order chi connectivity index (χ1) is 10.7. The molecule has 1 rings (SSSR count). The molecule has 0 aromatic heterocycles. The summed E-state index contributed by atoms with van der Waals surface area (Å²) in [5.41, 5.74) is 0.886. The average molecular weight is 362 g/mol. The van der Waals surface area contributed by atoms with Gasteiger partial charge in [0.15, 0.2) is 0 Å². The zero-order valence-electron chi connectivity index (χ0n) is 14.0. The van der Waals surface area contributed by atoms with Crippen LogP contribution < -0.4 is 4.18 Å². The van der Waals surface area contributed by atoms with Crippen molar-refractivity contribution in [3.63, 3.8) is 0 Å². The van der Waals surface area contributed by atoms with Crippen molar-refractivity contribution in [3.8, 4) is 5.75 Å². The molecule has 7 heteroatoms. The second kappa shape index (κ2) is 8.55. The molecule has 0 N–H and O–H groups in total. The number of hydrogen-bond acceptors (Lipinski definition) is 4. The molecule has 0 spiro atoms. The number of rotatable bonds is 8. The Morgan fingerprint density at radius 1 is 1.22 bits per heavy atom. The van der Waals surface area contributed by atoms with Gasteiger partial charge in [-0.05, 0) is 44.9 Å². The van der Waals surface area contributed by atoms with Crippen LogP contribution in [0.5, 0.6) is 5.75 Å². The van der Waals surface area contributed by atoms with E-state index >= 15 is 0 Å². The lowest BCUT2D eigenvalue weighted by molar-refractivity contribution is -0.133. The van der Waals surface area contributed by atoms with Gasteiger partial charge in [-0.1, -0.05) is 19.1 Å². The van der Waals surface area contributed by atoms with Crippen molar-refractivity contribution in [2.75, 3.05) is 5.75 Å². The van der Waals surface area contributed by atoms with Crippen LogP contribution in [0.15, 0.2) is 24.3 Å². The Bertz CT molecular complexity index is 613. The minimum atomic E-state index is -3.53. The highest BCUT2D eigenvalue weighted by Gasteiger charge is 2.23. The van der Waals surface area contributed by atoms with E-state index in [2.05, 4.69) is 0 Å². The third kappa shape index (κ3) is 6.03. The fourth-order valence-corrected chi connectivity index (χ4v) is 2.60. The Morgan fingerprint density at radius 2 is 1.78 bits per heavy atom. The third-order valence-electron chi connectivity index (χ3n) is 3.60. The fraction of sp³-hybridized carbons (Fsp3) is 0.562. The van der Waals surface area contributed by atoms with Gasteiger partial charge < -0.3 is 9.08 Å². The first-order valence-corrected chi connectivity index (χ1v) is 9.67. The molecule has 0 fully saturated rings. The highest BCUT2D eigenvalue weighted by atomic mass is 35.5. The Balaban J connectivity index is 2.88. The van der Waals surface area contributed by atoms with Crippen LogP contribution in [0.2, 0.25) is 0 Å². The molecule has 0 aliphatic carbocycles. The van der Waals surface area contributed by atoms with Gasteiger partial charge in [-0.3, -0.25) is 4.79 Å². The van der Waals surface area contributed by atoms with E-state index in [0.29, 0.717) is 6.54 Å². The van der Waals surface area contributed by atoms with E-state index < -0.39 is 15.5 Å². The number of halogens is 1. The molecule has 5 nitrogen and oxygen atoms in total. The second-order valence-electron chi connectivity index (χ2n) is 5.41. The van der Waals surface area contributed by atoms with Gasteiger partial charge in [-0.2, -0.15) is 8.42 Å². The van der Waals surface area contributed by atoms with E-state index in [1.165, 1.54) is 6.92 Å². The van der Waals surface area contributed by atoms with E-state index in [4.69, 9.17) is 15.8 Å². The zero-order valence-corrected chi connectivity index (χ0v) is 15.5. The predicted molar refractivity (Wildman–Crippen MR) is 92.1 cm³/mol. The number of carbonyl (C=O) groups excluding carboxylic acids is 1. The average Bonchev–Trinajstić information content (AvgIpc) is 2.52. The molecule has 1 aromatic rings. The van der Waals surface area contributed by atoms with E-state index in [1.807, 2.05) is 13.8 Å². The first kappa shape index (κ1) is 19.8. The van der Waals surface area contributed by atoms with Crippen molar-refractivity contribution in [1.82, 2.24) is 4.90 Å². The Morgan fingerprint density at radius 3 is 2.22 bits per heavy atom. The summed E-state index contributed by atoms with van der Waals surface area (Å²) in [7, 11) is -3.53. The molecule has 0 aliphatic rings. The van der Waals surface area contributed by atoms with Crippen molar-refractivity contribution in [2.45, 2.75) is 52.1 Å². The molecule has 23 heavy (non-hydrogen) atoms. The van der Waals surface area contributed by atoms with Crippen LogP contribution in [-0.4, -0.2) is 36.4 Å². The van der Waals surface area contributed by atoms with Crippen molar-refractivity contribution in [1.29, 1.82) is 0 Å². The summed E-state index contributed by atoms with van der Waals surface area (Å²) in [6.07, 6.45) is 0.825. The smallest absolute Gasteiger partial charge is 0.308 e. The molecule has 0 heterocycles. The van der Waals surface area contributed by atoms with E-state index in [1.54, 1.807) is 36.1 Å². The fourth-order valence-electron chi connectivity index (χ4n) is 1.95. The summed E-state index contributed by atoms with van der Waals surface area (Å²) in [5, 5.41) is -0.582. The van der Waals surface area contributed by atoms with E-state index in [0.717, 1.165) is 12.0 Å². The topological polar surface area (TPSA) is 63.7 Å². The summed E-state index contributed by atoms with van der Waals surface area (Å²) in [6.45, 7) is 7.59. The summed E-state index contributed by atoms with van der Waals surface area (Å²) < 4.78 is 27.8. The van der Waals surface area contributed by atoms with Gasteiger partial charge in [-0.15, -0.1) is 11.6 Å². The van der Waals surface area contributed by atoms with Crippen LogP contribution in [0.25, 0.3) is 0 Å². The Kier molecular flexibility index (Phi) is 7.35. The van der Waals surface area contributed by atoms with Gasteiger partial charge in [0.05, 0.1) is 5.75 Å². The summed E-state index contributed by atoms with van der Waals surface area (Å²) in [6, 6.07) is 6.75. The van der Waals surface area contributed by atoms with Gasteiger partial charge in [0, 0.05) is 12.6 Å². The molecule has 0 saturated heterocycles. The van der Waals surface area contributed by atoms with Gasteiger partial charge in [0.2, 0.25) is 5.91 Å². The van der Waals surface area contributed by atoms with Gasteiger partial charge in [-0.25, -0.2) is 0 Å². The summed E-state index contributed by atoms with van der Waals surface area (Å²) in [5.74, 6) is 0.0659. The van der Waals surface area contributed by atoms with Crippen molar-refractivity contribution >= 4 is 27.6 Å². The van der Waals surface area contributed by atoms with E-state index in [9.17, 15) is 13.2 Å².